The average Bonchev–Trinajstić information content (AvgIpc) is 3.12. The normalized spacial score (nSPS) is 23.1. The van der Waals surface area contributed by atoms with Gasteiger partial charge in [-0.25, -0.2) is 9.69 Å². The number of hydrogen-bond acceptors (Lipinski definition) is 6. The lowest BCUT2D eigenvalue weighted by Gasteiger charge is -2.28. The molecule has 2 rings (SSSR count). The molecule has 2 atom stereocenters. The van der Waals surface area contributed by atoms with E-state index in [0.29, 0.717) is 13.1 Å². The Morgan fingerprint density at radius 1 is 0.964 bits per heavy atom. The number of nitrogens with zero attached hydrogens (tertiary/aromatic N) is 2. The summed E-state index contributed by atoms with van der Waals surface area (Å²) in [5, 5.41) is 0. The Kier molecular flexibility index (Phi) is 6.41. The first-order chi connectivity index (χ1) is 12.8. The van der Waals surface area contributed by atoms with Gasteiger partial charge in [0, 0.05) is 13.1 Å². The van der Waals surface area contributed by atoms with Crippen LogP contribution in [0.5, 0.6) is 0 Å². The molecule has 2 saturated heterocycles. The molecule has 2 aliphatic rings. The molecular formula is C20H32N2O6. The number of hydrogen-bond donors (Lipinski definition) is 0. The van der Waals surface area contributed by atoms with Gasteiger partial charge in [-0.15, -0.1) is 0 Å². The van der Waals surface area contributed by atoms with Crippen LogP contribution in [-0.2, 0) is 23.9 Å². The molecule has 0 bridgehead atoms. The molecule has 8 heteroatoms. The predicted molar refractivity (Wildman–Crippen MR) is 101 cm³/mol. The Balaban J connectivity index is 2.19. The Morgan fingerprint density at radius 3 is 2.00 bits per heavy atom. The molecule has 0 aromatic heterocycles. The fourth-order valence-electron chi connectivity index (χ4n) is 3.47. The summed E-state index contributed by atoms with van der Waals surface area (Å²) in [4.78, 5) is 53.3. The lowest BCUT2D eigenvalue weighted by molar-refractivity contribution is -0.157. The summed E-state index contributed by atoms with van der Waals surface area (Å²) < 4.78 is 10.6. The first-order valence-electron chi connectivity index (χ1n) is 9.85. The van der Waals surface area contributed by atoms with Gasteiger partial charge in [0.1, 0.15) is 17.2 Å². The van der Waals surface area contributed by atoms with Crippen LogP contribution in [0.25, 0.3) is 0 Å². The van der Waals surface area contributed by atoms with Gasteiger partial charge in [0.2, 0.25) is 11.8 Å². The molecule has 28 heavy (non-hydrogen) atoms. The van der Waals surface area contributed by atoms with Crippen LogP contribution < -0.4 is 0 Å². The zero-order valence-corrected chi connectivity index (χ0v) is 17.7. The van der Waals surface area contributed by atoms with Gasteiger partial charge in [0.15, 0.2) is 0 Å². The zero-order chi connectivity index (χ0) is 21.3. The second-order valence-corrected chi connectivity index (χ2v) is 9.46. The molecule has 0 saturated carbocycles. The topological polar surface area (TPSA) is 93.2 Å². The molecule has 0 unspecified atom stereocenters. The Hall–Kier alpha value is -2.12. The molecule has 2 fully saturated rings. The highest BCUT2D eigenvalue weighted by atomic mass is 16.6. The van der Waals surface area contributed by atoms with Gasteiger partial charge in [0.25, 0.3) is 0 Å². The Bertz CT molecular complexity index is 640. The van der Waals surface area contributed by atoms with Gasteiger partial charge in [-0.05, 0) is 60.8 Å². The molecule has 8 nitrogen and oxygen atoms in total. The summed E-state index contributed by atoms with van der Waals surface area (Å²) >= 11 is 0. The van der Waals surface area contributed by atoms with Crippen molar-refractivity contribution in [2.75, 3.05) is 13.1 Å². The van der Waals surface area contributed by atoms with Crippen molar-refractivity contribution in [3.63, 3.8) is 0 Å². The van der Waals surface area contributed by atoms with Gasteiger partial charge in [-0.3, -0.25) is 14.4 Å². The largest absolute Gasteiger partial charge is 0.460 e. The molecule has 0 aromatic rings. The van der Waals surface area contributed by atoms with Crippen LogP contribution in [0.4, 0.5) is 4.79 Å². The lowest BCUT2D eigenvalue weighted by Crippen LogP contribution is -2.50. The Morgan fingerprint density at radius 2 is 1.50 bits per heavy atom. The molecule has 2 heterocycles. The first kappa shape index (κ1) is 22.2. The van der Waals surface area contributed by atoms with Crippen molar-refractivity contribution in [2.24, 2.45) is 5.92 Å². The van der Waals surface area contributed by atoms with Gasteiger partial charge >= 0.3 is 12.1 Å². The molecule has 2 aliphatic heterocycles. The van der Waals surface area contributed by atoms with Gasteiger partial charge in [-0.1, -0.05) is 0 Å². The molecular weight excluding hydrogens is 364 g/mol. The summed E-state index contributed by atoms with van der Waals surface area (Å²) in [6, 6.07) is -0.937. The summed E-state index contributed by atoms with van der Waals surface area (Å²) in [6.45, 7) is 11.5. The van der Waals surface area contributed by atoms with E-state index >= 15 is 0 Å². The van der Waals surface area contributed by atoms with E-state index in [-0.39, 0.29) is 18.7 Å². The lowest BCUT2D eigenvalue weighted by atomic mass is 10.0. The van der Waals surface area contributed by atoms with Crippen molar-refractivity contribution < 1.29 is 28.7 Å². The fourth-order valence-corrected chi connectivity index (χ4v) is 3.47. The fraction of sp³-hybridized carbons (Fsp3) is 0.800. The van der Waals surface area contributed by atoms with Gasteiger partial charge in [0.05, 0.1) is 12.3 Å². The third-order valence-corrected chi connectivity index (χ3v) is 4.53. The van der Waals surface area contributed by atoms with Crippen molar-refractivity contribution in [1.82, 2.24) is 9.80 Å². The van der Waals surface area contributed by atoms with Crippen LogP contribution >= 0.6 is 0 Å². The number of amides is 3. The van der Waals surface area contributed by atoms with E-state index in [1.165, 1.54) is 0 Å². The van der Waals surface area contributed by atoms with Crippen LogP contribution in [-0.4, -0.2) is 64.0 Å². The minimum absolute atomic E-state index is 0.104. The summed E-state index contributed by atoms with van der Waals surface area (Å²) in [5.74, 6) is -2.12. The van der Waals surface area contributed by atoms with Crippen LogP contribution in [0.2, 0.25) is 0 Å². The minimum Gasteiger partial charge on any atom is -0.460 e. The number of likely N-dealkylation sites (tertiary alicyclic amines) is 2. The van der Waals surface area contributed by atoms with E-state index in [1.54, 1.807) is 46.4 Å². The molecule has 0 N–H and O–H groups in total. The van der Waals surface area contributed by atoms with Crippen molar-refractivity contribution >= 4 is 23.9 Å². The average molecular weight is 396 g/mol. The van der Waals surface area contributed by atoms with E-state index in [1.807, 2.05) is 0 Å². The minimum atomic E-state index is -0.937. The van der Waals surface area contributed by atoms with E-state index < -0.39 is 41.1 Å². The second kappa shape index (κ2) is 8.09. The van der Waals surface area contributed by atoms with Crippen LogP contribution in [0.1, 0.15) is 67.2 Å². The van der Waals surface area contributed by atoms with E-state index in [9.17, 15) is 19.2 Å². The van der Waals surface area contributed by atoms with E-state index in [0.717, 1.165) is 17.7 Å². The number of carbonyl (C=O) groups is 4. The van der Waals surface area contributed by atoms with E-state index in [2.05, 4.69) is 0 Å². The van der Waals surface area contributed by atoms with Gasteiger partial charge < -0.3 is 14.4 Å². The van der Waals surface area contributed by atoms with E-state index in [4.69, 9.17) is 9.47 Å². The molecule has 0 aromatic carbocycles. The maximum Gasteiger partial charge on any atom is 0.417 e. The highest BCUT2D eigenvalue weighted by molar-refractivity contribution is 6.02. The number of carbonyl (C=O) groups excluding carboxylic acids is 4. The van der Waals surface area contributed by atoms with Crippen LogP contribution in [0, 0.1) is 5.92 Å². The van der Waals surface area contributed by atoms with Crippen molar-refractivity contribution in [3.05, 3.63) is 0 Å². The van der Waals surface area contributed by atoms with Crippen LogP contribution in [0.15, 0.2) is 0 Å². The second-order valence-electron chi connectivity index (χ2n) is 9.46. The number of ether oxygens (including phenoxy) is 2. The predicted octanol–water partition coefficient (Wildman–Crippen LogP) is 2.49. The highest BCUT2D eigenvalue weighted by Gasteiger charge is 2.50. The standard InChI is InChI=1S/C20H32N2O6/c1-19(2,3)27-15(23)12-13-11-14(17(25)21-9-7-8-10-21)22(16(13)24)18(26)28-20(4,5)6/h13-14H,7-12H2,1-6H3/t13-,14-/m0/s1. The summed E-state index contributed by atoms with van der Waals surface area (Å²) in [6.07, 6.45) is 0.897. The zero-order valence-electron chi connectivity index (χ0n) is 17.7. The summed E-state index contributed by atoms with van der Waals surface area (Å²) in [7, 11) is 0. The quantitative estimate of drug-likeness (QED) is 0.681. The molecule has 0 radical (unpaired) electrons. The third kappa shape index (κ3) is 5.69. The Labute approximate surface area is 166 Å². The number of rotatable bonds is 3. The smallest absolute Gasteiger partial charge is 0.417 e. The third-order valence-electron chi connectivity index (χ3n) is 4.53. The molecule has 158 valence electrons. The number of imide groups is 1. The van der Waals surface area contributed by atoms with Gasteiger partial charge in [-0.2, -0.15) is 0 Å². The van der Waals surface area contributed by atoms with Crippen molar-refractivity contribution in [2.45, 2.75) is 84.5 Å². The maximum atomic E-state index is 12.9. The number of esters is 1. The highest BCUT2D eigenvalue weighted by Crippen LogP contribution is 2.31. The maximum absolute atomic E-state index is 12.9. The molecule has 0 spiro atoms. The van der Waals surface area contributed by atoms with Crippen molar-refractivity contribution in [1.29, 1.82) is 0 Å². The first-order valence-corrected chi connectivity index (χ1v) is 9.85. The van der Waals surface area contributed by atoms with Crippen LogP contribution in [0.3, 0.4) is 0 Å². The summed E-state index contributed by atoms with van der Waals surface area (Å²) in [5.41, 5.74) is -1.48. The molecule has 3 amide bonds. The monoisotopic (exact) mass is 396 g/mol. The van der Waals surface area contributed by atoms with Crippen molar-refractivity contribution in [3.8, 4) is 0 Å². The SMILES string of the molecule is CC(C)(C)OC(=O)C[C@@H]1C[C@@H](C(=O)N2CCCC2)N(C(=O)OC(C)(C)C)C1=O. The molecule has 0 aliphatic carbocycles.